The highest BCUT2D eigenvalue weighted by Gasteiger charge is 2.29. The number of halogens is 3. The molecule has 0 heterocycles. The number of benzene rings is 2. The van der Waals surface area contributed by atoms with Gasteiger partial charge in [0.05, 0.1) is 12.7 Å². The molecule has 6 heteroatoms. The Kier molecular flexibility index (Phi) is 6.07. The molecule has 0 saturated heterocycles. The van der Waals surface area contributed by atoms with Crippen LogP contribution in [0.4, 0.5) is 13.2 Å². The number of carbonyl (C=O) groups excluding carboxylic acids is 1. The van der Waals surface area contributed by atoms with Gasteiger partial charge < -0.3 is 9.64 Å². The molecule has 0 aliphatic carbocycles. The third kappa shape index (κ3) is 5.52. The van der Waals surface area contributed by atoms with Gasteiger partial charge in [-0.2, -0.15) is 13.2 Å². The number of aryl methyl sites for hydroxylation is 1. The summed E-state index contributed by atoms with van der Waals surface area (Å²) in [5.74, 6) is 0.699. The highest BCUT2D eigenvalue weighted by atomic mass is 19.4. The lowest BCUT2D eigenvalue weighted by atomic mass is 10.1. The number of amides is 1. The molecule has 0 aromatic heterocycles. The average Bonchev–Trinajstić information content (AvgIpc) is 2.59. The maximum Gasteiger partial charge on any atom is 0.416 e. The predicted octanol–water partition coefficient (Wildman–Crippen LogP) is 4.31. The van der Waals surface area contributed by atoms with E-state index in [-0.39, 0.29) is 12.5 Å². The number of alkyl halides is 3. The monoisotopic (exact) mass is 351 g/mol. The van der Waals surface area contributed by atoms with E-state index in [0.717, 1.165) is 23.4 Å². The molecule has 0 radical (unpaired) electrons. The van der Waals surface area contributed by atoms with Gasteiger partial charge in [0.2, 0.25) is 5.91 Å². The maximum absolute atomic E-state index is 12.5. The third-order valence-corrected chi connectivity index (χ3v) is 3.91. The molecule has 1 amide bonds. The first-order chi connectivity index (χ1) is 11.8. The van der Waals surface area contributed by atoms with Crippen molar-refractivity contribution in [1.29, 1.82) is 0 Å². The molecule has 0 bridgehead atoms. The van der Waals surface area contributed by atoms with Gasteiger partial charge in [0, 0.05) is 20.0 Å². The minimum atomic E-state index is -4.35. The lowest BCUT2D eigenvalue weighted by Crippen LogP contribution is -2.26. The highest BCUT2D eigenvalue weighted by Crippen LogP contribution is 2.29. The Bertz CT molecular complexity index is 694. The van der Waals surface area contributed by atoms with Crippen molar-refractivity contribution in [2.75, 3.05) is 14.2 Å². The Morgan fingerprint density at radius 1 is 1.00 bits per heavy atom. The highest BCUT2D eigenvalue weighted by molar-refractivity contribution is 5.76. The number of hydrogen-bond acceptors (Lipinski definition) is 2. The maximum atomic E-state index is 12.5. The summed E-state index contributed by atoms with van der Waals surface area (Å²) in [5, 5.41) is 0. The van der Waals surface area contributed by atoms with Crippen LogP contribution in [0.5, 0.6) is 5.75 Å². The summed E-state index contributed by atoms with van der Waals surface area (Å²) in [4.78, 5) is 13.7. The van der Waals surface area contributed by atoms with E-state index in [4.69, 9.17) is 4.74 Å². The van der Waals surface area contributed by atoms with Crippen LogP contribution in [0.15, 0.2) is 48.5 Å². The molecule has 0 unspecified atom stereocenters. The van der Waals surface area contributed by atoms with Gasteiger partial charge in [0.25, 0.3) is 0 Å². The van der Waals surface area contributed by atoms with Crippen LogP contribution >= 0.6 is 0 Å². The molecule has 25 heavy (non-hydrogen) atoms. The van der Waals surface area contributed by atoms with E-state index >= 15 is 0 Å². The molecule has 0 fully saturated rings. The Morgan fingerprint density at radius 2 is 1.56 bits per heavy atom. The zero-order valence-electron chi connectivity index (χ0n) is 14.1. The topological polar surface area (TPSA) is 29.5 Å². The zero-order valence-corrected chi connectivity index (χ0v) is 14.1. The second kappa shape index (κ2) is 8.05. The smallest absolute Gasteiger partial charge is 0.416 e. The number of carbonyl (C=O) groups is 1. The first-order valence-corrected chi connectivity index (χ1v) is 7.82. The lowest BCUT2D eigenvalue weighted by molar-refractivity contribution is -0.137. The summed E-state index contributed by atoms with van der Waals surface area (Å²) >= 11 is 0. The molecule has 2 aromatic carbocycles. The number of ether oxygens (including phenoxy) is 1. The number of hydrogen-bond donors (Lipinski definition) is 0. The molecule has 0 atom stereocenters. The minimum Gasteiger partial charge on any atom is -0.497 e. The molecule has 0 aliphatic rings. The Hall–Kier alpha value is -2.50. The molecule has 0 N–H and O–H groups in total. The summed E-state index contributed by atoms with van der Waals surface area (Å²) in [6.45, 7) is 0.277. The van der Waals surface area contributed by atoms with E-state index < -0.39 is 11.7 Å². The van der Waals surface area contributed by atoms with Crippen LogP contribution in [0.3, 0.4) is 0 Å². The van der Waals surface area contributed by atoms with E-state index in [2.05, 4.69) is 0 Å². The first kappa shape index (κ1) is 18.8. The molecule has 2 rings (SSSR count). The largest absolute Gasteiger partial charge is 0.497 e. The van der Waals surface area contributed by atoms with Crippen molar-refractivity contribution in [2.24, 2.45) is 0 Å². The van der Waals surface area contributed by atoms with Gasteiger partial charge >= 0.3 is 6.18 Å². The Labute approximate surface area is 145 Å². The fourth-order valence-corrected chi connectivity index (χ4v) is 2.40. The zero-order chi connectivity index (χ0) is 18.4. The van der Waals surface area contributed by atoms with Gasteiger partial charge in [-0.15, -0.1) is 0 Å². The molecule has 0 aliphatic heterocycles. The number of methoxy groups -OCH3 is 1. The van der Waals surface area contributed by atoms with Gasteiger partial charge in [-0.3, -0.25) is 4.79 Å². The second-order valence-electron chi connectivity index (χ2n) is 5.79. The Morgan fingerprint density at radius 3 is 2.08 bits per heavy atom. The van der Waals surface area contributed by atoms with Crippen LogP contribution in [0.2, 0.25) is 0 Å². The predicted molar refractivity (Wildman–Crippen MR) is 89.2 cm³/mol. The normalized spacial score (nSPS) is 11.2. The van der Waals surface area contributed by atoms with Gasteiger partial charge in [-0.25, -0.2) is 0 Å². The fourth-order valence-electron chi connectivity index (χ4n) is 2.40. The van der Waals surface area contributed by atoms with Crippen LogP contribution < -0.4 is 4.74 Å². The van der Waals surface area contributed by atoms with Gasteiger partial charge in [-0.1, -0.05) is 24.3 Å². The van der Waals surface area contributed by atoms with Gasteiger partial charge in [0.15, 0.2) is 0 Å². The minimum absolute atomic E-state index is 0.0595. The van der Waals surface area contributed by atoms with Gasteiger partial charge in [-0.05, 0) is 41.8 Å². The first-order valence-electron chi connectivity index (χ1n) is 7.82. The van der Waals surface area contributed by atoms with Crippen LogP contribution in [-0.4, -0.2) is 25.0 Å². The molecular formula is C19H20F3NO2. The van der Waals surface area contributed by atoms with Crippen LogP contribution in [0.1, 0.15) is 23.1 Å². The van der Waals surface area contributed by atoms with Crippen LogP contribution in [0.25, 0.3) is 0 Å². The van der Waals surface area contributed by atoms with Crippen LogP contribution in [0, 0.1) is 0 Å². The van der Waals surface area contributed by atoms with Crippen molar-refractivity contribution in [3.8, 4) is 5.75 Å². The molecule has 0 spiro atoms. The molecular weight excluding hydrogens is 331 g/mol. The number of rotatable bonds is 6. The SMILES string of the molecule is COc1ccc(CCC(=O)N(C)Cc2ccc(C(F)(F)F)cc2)cc1. The molecule has 3 nitrogen and oxygen atoms in total. The van der Waals surface area contributed by atoms with E-state index in [1.807, 2.05) is 24.3 Å². The van der Waals surface area contributed by atoms with E-state index in [1.165, 1.54) is 17.0 Å². The lowest BCUT2D eigenvalue weighted by Gasteiger charge is -2.18. The van der Waals surface area contributed by atoms with E-state index in [0.29, 0.717) is 18.4 Å². The van der Waals surface area contributed by atoms with Crippen molar-refractivity contribution < 1.29 is 22.7 Å². The summed E-state index contributed by atoms with van der Waals surface area (Å²) in [7, 11) is 3.24. The second-order valence-corrected chi connectivity index (χ2v) is 5.79. The van der Waals surface area contributed by atoms with E-state index in [1.54, 1.807) is 14.2 Å². The summed E-state index contributed by atoms with van der Waals surface area (Å²) in [6.07, 6.45) is -3.41. The molecule has 134 valence electrons. The van der Waals surface area contributed by atoms with Crippen molar-refractivity contribution in [1.82, 2.24) is 4.90 Å². The third-order valence-electron chi connectivity index (χ3n) is 3.91. The van der Waals surface area contributed by atoms with Crippen molar-refractivity contribution in [3.05, 3.63) is 65.2 Å². The van der Waals surface area contributed by atoms with Crippen LogP contribution in [-0.2, 0) is 23.9 Å². The summed E-state index contributed by atoms with van der Waals surface area (Å²) in [6, 6.07) is 12.4. The fraction of sp³-hybridized carbons (Fsp3) is 0.316. The summed E-state index contributed by atoms with van der Waals surface area (Å²) in [5.41, 5.74) is 0.995. The average molecular weight is 351 g/mol. The Balaban J connectivity index is 1.87. The summed E-state index contributed by atoms with van der Waals surface area (Å²) < 4.78 is 42.7. The molecule has 2 aromatic rings. The van der Waals surface area contributed by atoms with Crippen molar-refractivity contribution in [2.45, 2.75) is 25.6 Å². The van der Waals surface area contributed by atoms with Gasteiger partial charge in [0.1, 0.15) is 5.75 Å². The van der Waals surface area contributed by atoms with Crippen molar-refractivity contribution in [3.63, 3.8) is 0 Å². The molecule has 0 saturated carbocycles. The number of nitrogens with zero attached hydrogens (tertiary/aromatic N) is 1. The van der Waals surface area contributed by atoms with Crippen molar-refractivity contribution >= 4 is 5.91 Å². The standard InChI is InChI=1S/C19H20F3NO2/c1-23(13-15-3-8-16(9-4-15)19(20,21)22)18(24)12-7-14-5-10-17(25-2)11-6-14/h3-6,8-11H,7,12-13H2,1-2H3. The van der Waals surface area contributed by atoms with E-state index in [9.17, 15) is 18.0 Å². The quantitative estimate of drug-likeness (QED) is 0.776.